The molecule has 128 valence electrons. The van der Waals surface area contributed by atoms with E-state index in [1.807, 2.05) is 6.07 Å². The van der Waals surface area contributed by atoms with Gasteiger partial charge >= 0.3 is 0 Å². The fraction of sp³-hybridized carbons (Fsp3) is 0.500. The average molecular weight is 332 g/mol. The van der Waals surface area contributed by atoms with Gasteiger partial charge < -0.3 is 19.7 Å². The standard InChI is InChI=1S/C16H20N4O4/c1-23-13-8-10(5-6-12(13)21)16(22)18-9-14-19-15(20-24-14)11-4-2-3-7-17-11/h2-4,7,10,12-13,21H,5-6,8-9H2,1H3,(H,18,22)/t10-,12+,13-/m1/s1. The molecule has 0 saturated heterocycles. The lowest BCUT2D eigenvalue weighted by Crippen LogP contribution is -2.41. The number of hydrogen-bond acceptors (Lipinski definition) is 7. The van der Waals surface area contributed by atoms with Crippen LogP contribution in [-0.4, -0.2) is 45.5 Å². The van der Waals surface area contributed by atoms with E-state index >= 15 is 0 Å². The zero-order chi connectivity index (χ0) is 16.9. The van der Waals surface area contributed by atoms with E-state index in [1.165, 1.54) is 0 Å². The van der Waals surface area contributed by atoms with Crippen LogP contribution in [0.15, 0.2) is 28.9 Å². The summed E-state index contributed by atoms with van der Waals surface area (Å²) in [6.45, 7) is 0.162. The first-order chi connectivity index (χ1) is 11.7. The number of amides is 1. The molecule has 1 aliphatic rings. The molecule has 24 heavy (non-hydrogen) atoms. The summed E-state index contributed by atoms with van der Waals surface area (Å²) in [5.74, 6) is 0.432. The van der Waals surface area contributed by atoms with Gasteiger partial charge in [-0.3, -0.25) is 9.78 Å². The van der Waals surface area contributed by atoms with Crippen LogP contribution in [0.3, 0.4) is 0 Å². The quantitative estimate of drug-likeness (QED) is 0.837. The van der Waals surface area contributed by atoms with Gasteiger partial charge in [0.25, 0.3) is 0 Å². The van der Waals surface area contributed by atoms with Gasteiger partial charge in [-0.05, 0) is 31.4 Å². The lowest BCUT2D eigenvalue weighted by molar-refractivity contribution is -0.130. The van der Waals surface area contributed by atoms with E-state index in [0.717, 1.165) is 0 Å². The maximum Gasteiger partial charge on any atom is 0.246 e. The Morgan fingerprint density at radius 3 is 3.08 bits per heavy atom. The molecule has 8 nitrogen and oxygen atoms in total. The highest BCUT2D eigenvalue weighted by molar-refractivity contribution is 5.78. The summed E-state index contributed by atoms with van der Waals surface area (Å²) in [7, 11) is 1.55. The second-order valence-electron chi connectivity index (χ2n) is 5.80. The number of rotatable bonds is 5. The highest BCUT2D eigenvalue weighted by Gasteiger charge is 2.32. The zero-order valence-corrected chi connectivity index (χ0v) is 13.4. The van der Waals surface area contributed by atoms with Gasteiger partial charge in [0.15, 0.2) is 0 Å². The fourth-order valence-corrected chi connectivity index (χ4v) is 2.84. The Hall–Kier alpha value is -2.32. The number of carbonyl (C=O) groups excluding carboxylic acids is 1. The molecule has 2 heterocycles. The van der Waals surface area contributed by atoms with E-state index in [4.69, 9.17) is 9.26 Å². The van der Waals surface area contributed by atoms with Crippen LogP contribution in [0.1, 0.15) is 25.2 Å². The van der Waals surface area contributed by atoms with Gasteiger partial charge in [-0.2, -0.15) is 4.98 Å². The maximum atomic E-state index is 12.3. The number of ether oxygens (including phenoxy) is 1. The van der Waals surface area contributed by atoms with E-state index < -0.39 is 6.10 Å². The SMILES string of the molecule is CO[C@@H]1C[C@H](C(=O)NCc2nc(-c3ccccn3)no2)CC[C@@H]1O. The third-order valence-electron chi connectivity index (χ3n) is 4.21. The van der Waals surface area contributed by atoms with Crippen LogP contribution >= 0.6 is 0 Å². The lowest BCUT2D eigenvalue weighted by Gasteiger charge is -2.31. The second-order valence-corrected chi connectivity index (χ2v) is 5.80. The fourth-order valence-electron chi connectivity index (χ4n) is 2.84. The first kappa shape index (κ1) is 16.5. The van der Waals surface area contributed by atoms with Crippen molar-refractivity contribution in [2.75, 3.05) is 7.11 Å². The Morgan fingerprint density at radius 2 is 2.33 bits per heavy atom. The van der Waals surface area contributed by atoms with Crippen molar-refractivity contribution < 1.29 is 19.2 Å². The third-order valence-corrected chi connectivity index (χ3v) is 4.21. The molecule has 2 N–H and O–H groups in total. The molecule has 0 unspecified atom stereocenters. The Balaban J connectivity index is 1.54. The average Bonchev–Trinajstić information content (AvgIpc) is 3.10. The van der Waals surface area contributed by atoms with Crippen LogP contribution in [0.2, 0.25) is 0 Å². The monoisotopic (exact) mass is 332 g/mol. The number of aromatic nitrogens is 3. The van der Waals surface area contributed by atoms with Gasteiger partial charge in [0.1, 0.15) is 5.69 Å². The van der Waals surface area contributed by atoms with Crippen molar-refractivity contribution in [3.63, 3.8) is 0 Å². The molecule has 1 aliphatic carbocycles. The number of methoxy groups -OCH3 is 1. The summed E-state index contributed by atoms with van der Waals surface area (Å²) in [6.07, 6.45) is 2.55. The normalized spacial score (nSPS) is 23.8. The van der Waals surface area contributed by atoms with Crippen LogP contribution in [-0.2, 0) is 16.1 Å². The first-order valence-electron chi connectivity index (χ1n) is 7.90. The third kappa shape index (κ3) is 3.77. The largest absolute Gasteiger partial charge is 0.390 e. The van der Waals surface area contributed by atoms with E-state index in [0.29, 0.717) is 36.7 Å². The Morgan fingerprint density at radius 1 is 1.46 bits per heavy atom. The maximum absolute atomic E-state index is 12.3. The second kappa shape index (κ2) is 7.50. The van der Waals surface area contributed by atoms with Crippen molar-refractivity contribution >= 4 is 5.91 Å². The van der Waals surface area contributed by atoms with Crippen LogP contribution < -0.4 is 5.32 Å². The number of nitrogens with zero attached hydrogens (tertiary/aromatic N) is 3. The molecule has 0 radical (unpaired) electrons. The Bertz CT molecular complexity index is 676. The van der Waals surface area contributed by atoms with Crippen molar-refractivity contribution in [3.05, 3.63) is 30.3 Å². The summed E-state index contributed by atoms with van der Waals surface area (Å²) < 4.78 is 10.4. The number of hydrogen-bond donors (Lipinski definition) is 2. The lowest BCUT2D eigenvalue weighted by atomic mass is 9.84. The predicted octanol–water partition coefficient (Wildman–Crippen LogP) is 0.924. The molecule has 8 heteroatoms. The van der Waals surface area contributed by atoms with Crippen LogP contribution in [0, 0.1) is 5.92 Å². The minimum absolute atomic E-state index is 0.0958. The molecular formula is C16H20N4O4. The van der Waals surface area contributed by atoms with E-state index in [9.17, 15) is 9.90 Å². The van der Waals surface area contributed by atoms with Gasteiger partial charge in [0.05, 0.1) is 18.8 Å². The number of pyridine rings is 1. The molecule has 0 bridgehead atoms. The molecule has 0 aromatic carbocycles. The molecule has 2 aromatic heterocycles. The van der Waals surface area contributed by atoms with Crippen LogP contribution in [0.25, 0.3) is 11.5 Å². The van der Waals surface area contributed by atoms with Crippen molar-refractivity contribution in [2.24, 2.45) is 5.92 Å². The summed E-state index contributed by atoms with van der Waals surface area (Å²) in [6, 6.07) is 5.43. The summed E-state index contributed by atoms with van der Waals surface area (Å²) >= 11 is 0. The molecule has 2 aromatic rings. The minimum atomic E-state index is -0.504. The summed E-state index contributed by atoms with van der Waals surface area (Å²) in [5.41, 5.74) is 0.614. The molecular weight excluding hydrogens is 312 g/mol. The Kier molecular flexibility index (Phi) is 5.17. The van der Waals surface area contributed by atoms with Crippen LogP contribution in [0.5, 0.6) is 0 Å². The highest BCUT2D eigenvalue weighted by atomic mass is 16.5. The number of nitrogens with one attached hydrogen (secondary N) is 1. The van der Waals surface area contributed by atoms with Gasteiger partial charge in [-0.15, -0.1) is 0 Å². The number of carbonyl (C=O) groups is 1. The van der Waals surface area contributed by atoms with E-state index in [-0.39, 0.29) is 24.5 Å². The summed E-state index contributed by atoms with van der Waals surface area (Å²) in [5, 5.41) is 16.5. The Labute approximate surface area is 139 Å². The predicted molar refractivity (Wildman–Crippen MR) is 83.5 cm³/mol. The molecule has 0 spiro atoms. The zero-order valence-electron chi connectivity index (χ0n) is 13.4. The molecule has 1 saturated carbocycles. The van der Waals surface area contributed by atoms with Crippen molar-refractivity contribution in [1.82, 2.24) is 20.4 Å². The van der Waals surface area contributed by atoms with Gasteiger partial charge in [0.2, 0.25) is 17.6 Å². The molecule has 0 aliphatic heterocycles. The van der Waals surface area contributed by atoms with Crippen LogP contribution in [0.4, 0.5) is 0 Å². The molecule has 1 fully saturated rings. The van der Waals surface area contributed by atoms with Gasteiger partial charge in [-0.1, -0.05) is 11.2 Å². The highest BCUT2D eigenvalue weighted by Crippen LogP contribution is 2.26. The molecule has 1 amide bonds. The molecule has 3 atom stereocenters. The van der Waals surface area contributed by atoms with Gasteiger partial charge in [0, 0.05) is 19.2 Å². The molecule has 3 rings (SSSR count). The summed E-state index contributed by atoms with van der Waals surface area (Å²) in [4.78, 5) is 20.6. The topological polar surface area (TPSA) is 110 Å². The van der Waals surface area contributed by atoms with Crippen molar-refractivity contribution in [2.45, 2.75) is 38.0 Å². The van der Waals surface area contributed by atoms with E-state index in [1.54, 1.807) is 25.4 Å². The van der Waals surface area contributed by atoms with E-state index in [2.05, 4.69) is 20.4 Å². The first-order valence-corrected chi connectivity index (χ1v) is 7.90. The smallest absolute Gasteiger partial charge is 0.246 e. The minimum Gasteiger partial charge on any atom is -0.390 e. The van der Waals surface area contributed by atoms with Gasteiger partial charge in [-0.25, -0.2) is 0 Å². The van der Waals surface area contributed by atoms with Crippen molar-refractivity contribution in [3.8, 4) is 11.5 Å². The van der Waals surface area contributed by atoms with Crippen molar-refractivity contribution in [1.29, 1.82) is 0 Å². The number of aliphatic hydroxyl groups is 1. The number of aliphatic hydroxyl groups excluding tert-OH is 1.